The van der Waals surface area contributed by atoms with E-state index in [0.717, 1.165) is 22.6 Å². The Hall–Kier alpha value is -1.78. The van der Waals surface area contributed by atoms with Crippen molar-refractivity contribution in [1.29, 1.82) is 0 Å². The summed E-state index contributed by atoms with van der Waals surface area (Å²) in [5.74, 6) is -3.47. The van der Waals surface area contributed by atoms with Crippen LogP contribution in [0.25, 0.3) is 10.2 Å². The number of alkyl halides is 2. The van der Waals surface area contributed by atoms with Gasteiger partial charge in [-0.1, -0.05) is 11.8 Å². The first kappa shape index (κ1) is 20.9. The van der Waals surface area contributed by atoms with Gasteiger partial charge in [0.05, 0.1) is 10.3 Å². The Morgan fingerprint density at radius 2 is 1.75 bits per heavy atom. The third kappa shape index (κ3) is 3.60. The Balaban J connectivity index is 2.07. The molecule has 28 heavy (non-hydrogen) atoms. The summed E-state index contributed by atoms with van der Waals surface area (Å²) in [6, 6.07) is 5.02. The summed E-state index contributed by atoms with van der Waals surface area (Å²) in [4.78, 5) is 19.5. The van der Waals surface area contributed by atoms with Crippen LogP contribution < -0.4 is 5.56 Å². The summed E-state index contributed by atoms with van der Waals surface area (Å²) < 4.78 is 50.1. The van der Waals surface area contributed by atoms with Gasteiger partial charge in [0.15, 0.2) is 5.16 Å². The fourth-order valence-corrected chi connectivity index (χ4v) is 5.53. The standard InChI is InChI=1S/C18H18F2N2O3S3/c1-9(2)22-16(23)14-10(3)11(4)26-15(14)21-18(22)27-12-5-7-13(8-6-12)28(24,25)17(19)20/h5-9,17H,1-4H3. The Bertz CT molecular complexity index is 1200. The summed E-state index contributed by atoms with van der Waals surface area (Å²) in [5.41, 5.74) is 0.797. The quantitative estimate of drug-likeness (QED) is 0.529. The van der Waals surface area contributed by atoms with E-state index >= 15 is 0 Å². The van der Waals surface area contributed by atoms with Crippen molar-refractivity contribution in [2.24, 2.45) is 0 Å². The van der Waals surface area contributed by atoms with Crippen molar-refractivity contribution in [2.75, 3.05) is 0 Å². The molecule has 0 spiro atoms. The highest BCUT2D eigenvalue weighted by atomic mass is 32.2. The lowest BCUT2D eigenvalue weighted by molar-refractivity contribution is 0.234. The minimum Gasteiger partial charge on any atom is -0.284 e. The highest BCUT2D eigenvalue weighted by molar-refractivity contribution is 7.99. The average molecular weight is 445 g/mol. The van der Waals surface area contributed by atoms with E-state index in [1.165, 1.54) is 35.2 Å². The Morgan fingerprint density at radius 3 is 2.29 bits per heavy atom. The maximum absolute atomic E-state index is 13.0. The molecule has 1 aromatic carbocycles. The van der Waals surface area contributed by atoms with Gasteiger partial charge in [-0.25, -0.2) is 13.4 Å². The van der Waals surface area contributed by atoms with Gasteiger partial charge in [0.1, 0.15) is 4.83 Å². The third-order valence-corrected chi connectivity index (χ3v) is 7.79. The zero-order chi connectivity index (χ0) is 20.8. The van der Waals surface area contributed by atoms with Crippen LogP contribution in [0.2, 0.25) is 0 Å². The fourth-order valence-electron chi connectivity index (χ4n) is 2.72. The molecular weight excluding hydrogens is 426 g/mol. The van der Waals surface area contributed by atoms with Crippen LogP contribution in [0.15, 0.2) is 44.0 Å². The van der Waals surface area contributed by atoms with E-state index in [1.54, 1.807) is 4.57 Å². The molecule has 0 saturated heterocycles. The molecular formula is C18H18F2N2O3S3. The number of sulfone groups is 1. The molecule has 0 radical (unpaired) electrons. The van der Waals surface area contributed by atoms with Crippen molar-refractivity contribution >= 4 is 43.2 Å². The topological polar surface area (TPSA) is 69.0 Å². The lowest BCUT2D eigenvalue weighted by atomic mass is 10.2. The smallest absolute Gasteiger partial charge is 0.284 e. The molecule has 0 N–H and O–H groups in total. The number of hydrogen-bond acceptors (Lipinski definition) is 6. The molecule has 0 aliphatic carbocycles. The van der Waals surface area contributed by atoms with E-state index in [1.807, 2.05) is 27.7 Å². The number of hydrogen-bond donors (Lipinski definition) is 0. The van der Waals surface area contributed by atoms with Gasteiger partial charge in [0.2, 0.25) is 9.84 Å². The van der Waals surface area contributed by atoms with E-state index in [9.17, 15) is 22.0 Å². The number of nitrogens with zero attached hydrogens (tertiary/aromatic N) is 2. The first-order valence-electron chi connectivity index (χ1n) is 8.36. The van der Waals surface area contributed by atoms with Gasteiger partial charge in [-0.2, -0.15) is 8.78 Å². The summed E-state index contributed by atoms with van der Waals surface area (Å²) in [6.45, 7) is 7.60. The predicted octanol–water partition coefficient (Wildman–Crippen LogP) is 4.80. The van der Waals surface area contributed by atoms with Crippen molar-refractivity contribution in [3.63, 3.8) is 0 Å². The minimum atomic E-state index is -4.64. The number of halogens is 2. The molecule has 0 aliphatic heterocycles. The molecule has 0 unspecified atom stereocenters. The van der Waals surface area contributed by atoms with Crippen LogP contribution in [0.5, 0.6) is 0 Å². The van der Waals surface area contributed by atoms with Crippen molar-refractivity contribution in [1.82, 2.24) is 9.55 Å². The lowest BCUT2D eigenvalue weighted by Gasteiger charge is -2.15. The van der Waals surface area contributed by atoms with Crippen LogP contribution in [0.1, 0.15) is 30.3 Å². The van der Waals surface area contributed by atoms with Crippen LogP contribution in [-0.4, -0.2) is 23.7 Å². The Kier molecular flexibility index (Phi) is 5.66. The Labute approximate surface area is 169 Å². The summed E-state index contributed by atoms with van der Waals surface area (Å²) in [5, 5.41) is 1.08. The SMILES string of the molecule is Cc1sc2nc(Sc3ccc(S(=O)(=O)C(F)F)cc3)n(C(C)C)c(=O)c2c1C. The van der Waals surface area contributed by atoms with Gasteiger partial charge in [-0.3, -0.25) is 9.36 Å². The van der Waals surface area contributed by atoms with Crippen LogP contribution in [0.4, 0.5) is 8.78 Å². The van der Waals surface area contributed by atoms with Crippen LogP contribution in [0.3, 0.4) is 0 Å². The second-order valence-corrected chi connectivity index (χ2v) is 10.7. The monoisotopic (exact) mass is 444 g/mol. The first-order valence-corrected chi connectivity index (χ1v) is 11.5. The lowest BCUT2D eigenvalue weighted by Crippen LogP contribution is -2.24. The van der Waals surface area contributed by atoms with E-state index in [-0.39, 0.29) is 11.6 Å². The minimum absolute atomic E-state index is 0.124. The van der Waals surface area contributed by atoms with E-state index in [2.05, 4.69) is 4.98 Å². The van der Waals surface area contributed by atoms with Crippen LogP contribution in [-0.2, 0) is 9.84 Å². The second-order valence-electron chi connectivity index (χ2n) is 6.51. The number of aryl methyl sites for hydroxylation is 2. The van der Waals surface area contributed by atoms with Gasteiger partial charge < -0.3 is 0 Å². The van der Waals surface area contributed by atoms with Gasteiger partial charge in [-0.05, 0) is 57.5 Å². The first-order chi connectivity index (χ1) is 13.0. The number of fused-ring (bicyclic) bond motifs is 1. The number of aromatic nitrogens is 2. The van der Waals surface area contributed by atoms with Crippen molar-refractivity contribution < 1.29 is 17.2 Å². The summed E-state index contributed by atoms with van der Waals surface area (Å²) in [6.07, 6.45) is 0. The Morgan fingerprint density at radius 1 is 1.14 bits per heavy atom. The van der Waals surface area contributed by atoms with Gasteiger partial charge in [0, 0.05) is 15.8 Å². The normalized spacial score (nSPS) is 12.4. The number of benzene rings is 1. The van der Waals surface area contributed by atoms with Crippen LogP contribution in [0, 0.1) is 13.8 Å². The maximum Gasteiger partial charge on any atom is 0.341 e. The predicted molar refractivity (Wildman–Crippen MR) is 107 cm³/mol. The molecule has 150 valence electrons. The molecule has 0 fully saturated rings. The number of rotatable bonds is 5. The van der Waals surface area contributed by atoms with Crippen LogP contribution >= 0.6 is 23.1 Å². The van der Waals surface area contributed by atoms with Gasteiger partial charge in [0.25, 0.3) is 5.56 Å². The zero-order valence-corrected chi connectivity index (χ0v) is 18.0. The number of thiophene rings is 1. The largest absolute Gasteiger partial charge is 0.341 e. The highest BCUT2D eigenvalue weighted by Gasteiger charge is 2.26. The molecule has 0 bridgehead atoms. The van der Waals surface area contributed by atoms with E-state index < -0.39 is 20.5 Å². The van der Waals surface area contributed by atoms with E-state index in [4.69, 9.17) is 0 Å². The van der Waals surface area contributed by atoms with Crippen molar-refractivity contribution in [2.45, 2.75) is 54.4 Å². The maximum atomic E-state index is 13.0. The molecule has 3 rings (SSSR count). The summed E-state index contributed by atoms with van der Waals surface area (Å²) in [7, 11) is -4.64. The molecule has 0 amide bonds. The molecule has 10 heteroatoms. The third-order valence-electron chi connectivity index (χ3n) is 4.32. The molecule has 0 aliphatic rings. The molecule has 5 nitrogen and oxygen atoms in total. The molecule has 2 heterocycles. The van der Waals surface area contributed by atoms with Gasteiger partial charge >= 0.3 is 5.76 Å². The molecule has 0 saturated carbocycles. The molecule has 0 atom stereocenters. The highest BCUT2D eigenvalue weighted by Crippen LogP contribution is 2.33. The van der Waals surface area contributed by atoms with Crippen molar-refractivity contribution in [3.8, 4) is 0 Å². The van der Waals surface area contributed by atoms with E-state index in [0.29, 0.717) is 20.3 Å². The van der Waals surface area contributed by atoms with Gasteiger partial charge in [-0.15, -0.1) is 11.3 Å². The molecule has 2 aromatic heterocycles. The fraction of sp³-hybridized carbons (Fsp3) is 0.333. The zero-order valence-electron chi connectivity index (χ0n) is 15.6. The summed E-state index contributed by atoms with van der Waals surface area (Å²) >= 11 is 2.64. The molecule has 3 aromatic rings. The second kappa shape index (κ2) is 7.57. The van der Waals surface area contributed by atoms with Crippen molar-refractivity contribution in [3.05, 3.63) is 45.1 Å². The average Bonchev–Trinajstić information content (AvgIpc) is 2.89.